The highest BCUT2D eigenvalue weighted by molar-refractivity contribution is 6.05. The molecule has 2 rings (SSSR count). The van der Waals surface area contributed by atoms with Crippen LogP contribution in [0.1, 0.15) is 42.2 Å². The molecule has 5 nitrogen and oxygen atoms in total. The second-order valence-electron chi connectivity index (χ2n) is 5.05. The zero-order valence-corrected chi connectivity index (χ0v) is 13.1. The summed E-state index contributed by atoms with van der Waals surface area (Å²) in [6, 6.07) is 6.91. The van der Waals surface area contributed by atoms with Gasteiger partial charge in [-0.3, -0.25) is 9.48 Å². The average molecular weight is 323 g/mol. The highest BCUT2D eigenvalue weighted by Crippen LogP contribution is 2.26. The van der Waals surface area contributed by atoms with Gasteiger partial charge in [-0.1, -0.05) is 25.5 Å². The normalized spacial score (nSPS) is 10.8. The van der Waals surface area contributed by atoms with E-state index < -0.39 is 18.0 Å². The number of hydrogen-bond donors (Lipinski definition) is 1. The molecular formula is C16H19F2N3O2. The predicted octanol–water partition coefficient (Wildman–Crippen LogP) is 3.79. The second kappa shape index (κ2) is 7.71. The van der Waals surface area contributed by atoms with Gasteiger partial charge in [0.25, 0.3) is 12.3 Å². The lowest BCUT2D eigenvalue weighted by Crippen LogP contribution is -2.14. The van der Waals surface area contributed by atoms with E-state index in [9.17, 15) is 13.6 Å². The molecule has 0 atom stereocenters. The average Bonchev–Trinajstić information content (AvgIpc) is 2.91. The minimum atomic E-state index is -2.81. The maximum absolute atomic E-state index is 12.9. The summed E-state index contributed by atoms with van der Waals surface area (Å²) in [4.78, 5) is 12.3. The van der Waals surface area contributed by atoms with Crippen molar-refractivity contribution in [3.63, 3.8) is 0 Å². The molecule has 0 radical (unpaired) electrons. The summed E-state index contributed by atoms with van der Waals surface area (Å²) in [5.41, 5.74) is -0.238. The van der Waals surface area contributed by atoms with Crippen LogP contribution in [0.4, 0.5) is 14.5 Å². The quantitative estimate of drug-likeness (QED) is 0.789. The Labute approximate surface area is 133 Å². The molecule has 1 N–H and O–H groups in total. The fraction of sp³-hybridized carbons (Fsp3) is 0.375. The van der Waals surface area contributed by atoms with Crippen LogP contribution in [0.3, 0.4) is 0 Å². The molecule has 0 aliphatic rings. The van der Waals surface area contributed by atoms with Crippen LogP contribution < -0.4 is 10.1 Å². The molecule has 7 heteroatoms. The topological polar surface area (TPSA) is 56.1 Å². The lowest BCUT2D eigenvalue weighted by molar-refractivity contribution is 0.101. The van der Waals surface area contributed by atoms with Crippen molar-refractivity contribution in [1.29, 1.82) is 0 Å². The van der Waals surface area contributed by atoms with Crippen LogP contribution in [0.15, 0.2) is 30.5 Å². The van der Waals surface area contributed by atoms with Gasteiger partial charge in [0.2, 0.25) is 0 Å². The van der Waals surface area contributed by atoms with Gasteiger partial charge in [-0.2, -0.15) is 5.10 Å². The van der Waals surface area contributed by atoms with Gasteiger partial charge in [0, 0.05) is 13.2 Å². The van der Waals surface area contributed by atoms with E-state index >= 15 is 0 Å². The van der Waals surface area contributed by atoms with E-state index in [-0.39, 0.29) is 5.56 Å². The second-order valence-corrected chi connectivity index (χ2v) is 5.05. The lowest BCUT2D eigenvalue weighted by Gasteiger charge is -2.12. The van der Waals surface area contributed by atoms with E-state index in [4.69, 9.17) is 4.74 Å². The van der Waals surface area contributed by atoms with Crippen molar-refractivity contribution in [3.8, 4) is 5.75 Å². The SMILES string of the molecule is CCCCOc1ccccc1NC(=O)c1cn(C)nc1C(F)F. The Kier molecular flexibility index (Phi) is 5.67. The number of ether oxygens (including phenoxy) is 1. The van der Waals surface area contributed by atoms with Crippen molar-refractivity contribution in [2.75, 3.05) is 11.9 Å². The van der Waals surface area contributed by atoms with Gasteiger partial charge >= 0.3 is 0 Å². The molecule has 1 heterocycles. The summed E-state index contributed by atoms with van der Waals surface area (Å²) in [7, 11) is 1.49. The number of anilines is 1. The van der Waals surface area contributed by atoms with Crippen LogP contribution in [0, 0.1) is 0 Å². The van der Waals surface area contributed by atoms with Crippen LogP contribution in [-0.4, -0.2) is 22.3 Å². The molecule has 124 valence electrons. The number of amides is 1. The Balaban J connectivity index is 2.17. The zero-order chi connectivity index (χ0) is 16.8. The van der Waals surface area contributed by atoms with E-state index in [1.165, 1.54) is 17.9 Å². The summed E-state index contributed by atoms with van der Waals surface area (Å²) in [5, 5.41) is 6.24. The van der Waals surface area contributed by atoms with Gasteiger partial charge in [-0.25, -0.2) is 8.78 Å². The molecule has 0 spiro atoms. The Morgan fingerprint density at radius 3 is 2.83 bits per heavy atom. The molecule has 0 saturated heterocycles. The highest BCUT2D eigenvalue weighted by atomic mass is 19.3. The van der Waals surface area contributed by atoms with Crippen molar-refractivity contribution in [2.24, 2.45) is 7.05 Å². The Hall–Kier alpha value is -2.44. The number of hydrogen-bond acceptors (Lipinski definition) is 3. The number of alkyl halides is 2. The van der Waals surface area contributed by atoms with Gasteiger partial charge in [0.1, 0.15) is 11.4 Å². The largest absolute Gasteiger partial charge is 0.491 e. The number of unbranched alkanes of at least 4 members (excludes halogenated alkanes) is 1. The molecule has 0 fully saturated rings. The summed E-state index contributed by atoms with van der Waals surface area (Å²) in [6.45, 7) is 2.57. The van der Waals surface area contributed by atoms with Crippen molar-refractivity contribution >= 4 is 11.6 Å². The van der Waals surface area contributed by atoms with Crippen LogP contribution in [0.5, 0.6) is 5.75 Å². The Bertz CT molecular complexity index is 671. The monoisotopic (exact) mass is 323 g/mol. The number of nitrogens with one attached hydrogen (secondary N) is 1. The number of carbonyl (C=O) groups is 1. The van der Waals surface area contributed by atoms with Crippen LogP contribution in [-0.2, 0) is 7.05 Å². The van der Waals surface area contributed by atoms with Crippen LogP contribution in [0.2, 0.25) is 0 Å². The zero-order valence-electron chi connectivity index (χ0n) is 13.1. The summed E-state index contributed by atoms with van der Waals surface area (Å²) >= 11 is 0. The van der Waals surface area contributed by atoms with E-state index in [1.54, 1.807) is 24.3 Å². The van der Waals surface area contributed by atoms with Crippen LogP contribution >= 0.6 is 0 Å². The van der Waals surface area contributed by atoms with E-state index in [1.807, 2.05) is 6.92 Å². The maximum Gasteiger partial charge on any atom is 0.282 e. The third-order valence-corrected chi connectivity index (χ3v) is 3.20. The third-order valence-electron chi connectivity index (χ3n) is 3.20. The molecule has 0 aliphatic carbocycles. The van der Waals surface area contributed by atoms with Crippen LogP contribution in [0.25, 0.3) is 0 Å². The van der Waals surface area contributed by atoms with E-state index in [0.717, 1.165) is 12.8 Å². The third kappa shape index (κ3) is 4.28. The summed E-state index contributed by atoms with van der Waals surface area (Å²) < 4.78 is 32.7. The minimum absolute atomic E-state index is 0.147. The molecule has 1 amide bonds. The van der Waals surface area contributed by atoms with Gasteiger partial charge in [0.15, 0.2) is 0 Å². The van der Waals surface area contributed by atoms with Crippen molar-refractivity contribution in [3.05, 3.63) is 41.7 Å². The van der Waals surface area contributed by atoms with Crippen molar-refractivity contribution in [2.45, 2.75) is 26.2 Å². The fourth-order valence-electron chi connectivity index (χ4n) is 2.05. The van der Waals surface area contributed by atoms with Crippen molar-refractivity contribution in [1.82, 2.24) is 9.78 Å². The first-order valence-electron chi connectivity index (χ1n) is 7.37. The highest BCUT2D eigenvalue weighted by Gasteiger charge is 2.23. The standard InChI is InChI=1S/C16H19F2N3O2/c1-3-4-9-23-13-8-6-5-7-12(13)19-16(22)11-10-21(2)20-14(11)15(17)18/h5-8,10,15H,3-4,9H2,1-2H3,(H,19,22). The number of carbonyl (C=O) groups excluding carboxylic acids is 1. The first-order chi connectivity index (χ1) is 11.0. The van der Waals surface area contributed by atoms with Gasteiger partial charge in [-0.05, 0) is 18.6 Å². The van der Waals surface area contributed by atoms with Gasteiger partial charge in [-0.15, -0.1) is 0 Å². The number of nitrogens with zero attached hydrogens (tertiary/aromatic N) is 2. The number of aryl methyl sites for hydroxylation is 1. The predicted molar refractivity (Wildman–Crippen MR) is 83.0 cm³/mol. The number of benzene rings is 1. The molecule has 23 heavy (non-hydrogen) atoms. The molecule has 2 aromatic rings. The van der Waals surface area contributed by atoms with Gasteiger partial charge < -0.3 is 10.1 Å². The molecule has 0 aliphatic heterocycles. The fourth-order valence-corrected chi connectivity index (χ4v) is 2.05. The smallest absolute Gasteiger partial charge is 0.282 e. The first kappa shape index (κ1) is 16.9. The number of rotatable bonds is 7. The molecular weight excluding hydrogens is 304 g/mol. The Morgan fingerprint density at radius 1 is 1.39 bits per heavy atom. The summed E-state index contributed by atoms with van der Waals surface area (Å²) in [5.74, 6) is -0.128. The van der Waals surface area contributed by atoms with Gasteiger partial charge in [0.05, 0.1) is 17.9 Å². The number of para-hydroxylation sites is 2. The first-order valence-corrected chi connectivity index (χ1v) is 7.37. The Morgan fingerprint density at radius 2 is 2.13 bits per heavy atom. The lowest BCUT2D eigenvalue weighted by atomic mass is 10.2. The summed E-state index contributed by atoms with van der Waals surface area (Å²) in [6.07, 6.45) is 0.340. The maximum atomic E-state index is 12.9. The molecule has 0 unspecified atom stereocenters. The molecule has 0 saturated carbocycles. The number of halogens is 2. The molecule has 0 bridgehead atoms. The van der Waals surface area contributed by atoms with E-state index in [0.29, 0.717) is 18.0 Å². The molecule has 1 aromatic heterocycles. The minimum Gasteiger partial charge on any atom is -0.491 e. The molecule has 1 aromatic carbocycles. The van der Waals surface area contributed by atoms with Crippen molar-refractivity contribution < 1.29 is 18.3 Å². The van der Waals surface area contributed by atoms with E-state index in [2.05, 4.69) is 10.4 Å². The number of aromatic nitrogens is 2.